The number of nitrogens with zero attached hydrogens (tertiary/aromatic N) is 3. The largest absolute Gasteiger partial charge is 0.201 e. The highest BCUT2D eigenvalue weighted by Crippen LogP contribution is 2.03. The van der Waals surface area contributed by atoms with Crippen molar-refractivity contribution in [3.05, 3.63) is 17.5 Å². The van der Waals surface area contributed by atoms with Gasteiger partial charge in [0.05, 0.1) is 16.1 Å². The van der Waals surface area contributed by atoms with Crippen molar-refractivity contribution in [2.45, 2.75) is 6.92 Å². The van der Waals surface area contributed by atoms with E-state index in [0.717, 1.165) is 5.69 Å². The molecule has 1 aromatic rings. The Labute approximate surface area is 61.2 Å². The summed E-state index contributed by atoms with van der Waals surface area (Å²) in [6.07, 6.45) is 0. The molecule has 0 saturated heterocycles. The van der Waals surface area contributed by atoms with Crippen LogP contribution in [0.15, 0.2) is 6.07 Å². The van der Waals surface area contributed by atoms with Crippen molar-refractivity contribution in [3.8, 4) is 6.07 Å². The summed E-state index contributed by atoms with van der Waals surface area (Å²) in [5, 5.41) is 12.1. The van der Waals surface area contributed by atoms with E-state index in [1.54, 1.807) is 6.07 Å². The number of halogens is 1. The van der Waals surface area contributed by atoms with E-state index in [9.17, 15) is 0 Å². The van der Waals surface area contributed by atoms with E-state index < -0.39 is 0 Å². The highest BCUT2D eigenvalue weighted by Gasteiger charge is 1.97. The van der Waals surface area contributed by atoms with Gasteiger partial charge in [0.2, 0.25) is 0 Å². The molecule has 0 aliphatic heterocycles. The van der Waals surface area contributed by atoms with Crippen molar-refractivity contribution in [1.29, 1.82) is 5.26 Å². The average molecular weight is 186 g/mol. The third kappa shape index (κ3) is 1.11. The van der Waals surface area contributed by atoms with Crippen LogP contribution in [-0.2, 0) is 0 Å². The Morgan fingerprint density at radius 3 is 2.78 bits per heavy atom. The zero-order valence-electron chi connectivity index (χ0n) is 4.80. The zero-order chi connectivity index (χ0) is 6.85. The molecule has 0 fully saturated rings. The van der Waals surface area contributed by atoms with Crippen molar-refractivity contribution in [2.75, 3.05) is 0 Å². The minimum Gasteiger partial charge on any atom is -0.201 e. The summed E-state index contributed by atoms with van der Waals surface area (Å²) in [6, 6.07) is 3.63. The summed E-state index contributed by atoms with van der Waals surface area (Å²) < 4.78 is 1.49. The molecule has 0 radical (unpaired) electrons. The Morgan fingerprint density at radius 2 is 2.56 bits per heavy atom. The third-order valence-corrected chi connectivity index (χ3v) is 1.66. The number of hydrogen-bond acceptors (Lipinski definition) is 2. The van der Waals surface area contributed by atoms with Crippen molar-refractivity contribution in [2.24, 2.45) is 0 Å². The Hall–Kier alpha value is -0.820. The van der Waals surface area contributed by atoms with Crippen LogP contribution in [-0.4, -0.2) is 8.81 Å². The number of hydrogen-bond donors (Lipinski definition) is 0. The lowest BCUT2D eigenvalue weighted by atomic mass is 10.4. The minimum absolute atomic E-state index is 0.435. The molecule has 0 aromatic carbocycles. The first-order chi connectivity index (χ1) is 4.24. The van der Waals surface area contributed by atoms with Gasteiger partial charge in [0.15, 0.2) is 5.69 Å². The summed E-state index contributed by atoms with van der Waals surface area (Å²) in [5.74, 6) is 0. The van der Waals surface area contributed by atoms with Gasteiger partial charge in [0.25, 0.3) is 0 Å². The van der Waals surface area contributed by atoms with Gasteiger partial charge in [0.1, 0.15) is 6.07 Å². The molecule has 3 nitrogen and oxygen atoms in total. The molecule has 1 rings (SSSR count). The van der Waals surface area contributed by atoms with Gasteiger partial charge in [-0.1, -0.05) is 0 Å². The van der Waals surface area contributed by atoms with Gasteiger partial charge in [0, 0.05) is 5.69 Å². The van der Waals surface area contributed by atoms with Crippen LogP contribution in [0.25, 0.3) is 0 Å². The molecule has 0 amide bonds. The fourth-order valence-electron chi connectivity index (χ4n) is 0.508. The average Bonchev–Trinajstić information content (AvgIpc) is 2.13. The molecule has 0 atom stereocenters. The molecule has 1 aromatic heterocycles. The van der Waals surface area contributed by atoms with Crippen molar-refractivity contribution < 1.29 is 0 Å². The molecule has 0 saturated carbocycles. The van der Waals surface area contributed by atoms with E-state index in [2.05, 4.69) is 21.2 Å². The number of aromatic nitrogens is 2. The smallest absolute Gasteiger partial charge is 0.163 e. The lowest BCUT2D eigenvalue weighted by Crippen LogP contribution is -1.83. The fraction of sp³-hybridized carbons (Fsp3) is 0.200. The highest BCUT2D eigenvalue weighted by atomic mass is 79.9. The van der Waals surface area contributed by atoms with Crippen LogP contribution in [0, 0.1) is 18.3 Å². The molecule has 0 aliphatic rings. The SMILES string of the molecule is Cc1cc(C#N)nn1Br. The molecule has 9 heavy (non-hydrogen) atoms. The Bertz CT molecular complexity index is 238. The summed E-state index contributed by atoms with van der Waals surface area (Å²) in [7, 11) is 0. The molecule has 46 valence electrons. The number of aryl methyl sites for hydroxylation is 1. The van der Waals surface area contributed by atoms with Crippen LogP contribution >= 0.6 is 16.1 Å². The number of rotatable bonds is 0. The van der Waals surface area contributed by atoms with Gasteiger partial charge in [-0.2, -0.15) is 10.4 Å². The Morgan fingerprint density at radius 1 is 1.89 bits per heavy atom. The van der Waals surface area contributed by atoms with Crippen molar-refractivity contribution in [3.63, 3.8) is 0 Å². The third-order valence-electron chi connectivity index (χ3n) is 0.947. The van der Waals surface area contributed by atoms with Crippen molar-refractivity contribution >= 4 is 16.1 Å². The van der Waals surface area contributed by atoms with Crippen LogP contribution in [0.1, 0.15) is 11.4 Å². The first kappa shape index (κ1) is 6.30. The molecular weight excluding hydrogens is 182 g/mol. The topological polar surface area (TPSA) is 41.6 Å². The van der Waals surface area contributed by atoms with Gasteiger partial charge < -0.3 is 0 Å². The van der Waals surface area contributed by atoms with E-state index in [0.29, 0.717) is 5.69 Å². The van der Waals surface area contributed by atoms with E-state index >= 15 is 0 Å². The second-order valence-electron chi connectivity index (χ2n) is 1.64. The summed E-state index contributed by atoms with van der Waals surface area (Å²) >= 11 is 3.11. The van der Waals surface area contributed by atoms with Crippen LogP contribution in [0.3, 0.4) is 0 Å². The fourth-order valence-corrected chi connectivity index (χ4v) is 0.781. The maximum atomic E-state index is 8.33. The van der Waals surface area contributed by atoms with E-state index in [1.807, 2.05) is 13.0 Å². The van der Waals surface area contributed by atoms with E-state index in [4.69, 9.17) is 5.26 Å². The zero-order valence-corrected chi connectivity index (χ0v) is 6.38. The van der Waals surface area contributed by atoms with E-state index in [-0.39, 0.29) is 0 Å². The van der Waals surface area contributed by atoms with Crippen LogP contribution < -0.4 is 0 Å². The summed E-state index contributed by atoms with van der Waals surface area (Å²) in [4.78, 5) is 0. The second-order valence-corrected chi connectivity index (χ2v) is 2.31. The highest BCUT2D eigenvalue weighted by molar-refractivity contribution is 9.08. The van der Waals surface area contributed by atoms with Gasteiger partial charge >= 0.3 is 0 Å². The summed E-state index contributed by atoms with van der Waals surface area (Å²) in [6.45, 7) is 1.86. The lowest BCUT2D eigenvalue weighted by Gasteiger charge is -1.83. The van der Waals surface area contributed by atoms with Crippen LogP contribution in [0.2, 0.25) is 0 Å². The summed E-state index contributed by atoms with van der Waals surface area (Å²) in [5.41, 5.74) is 1.36. The Balaban J connectivity index is 3.16. The molecular formula is C5H4BrN3. The predicted molar refractivity (Wildman–Crippen MR) is 36.0 cm³/mol. The molecule has 0 bridgehead atoms. The minimum atomic E-state index is 0.435. The van der Waals surface area contributed by atoms with Gasteiger partial charge in [-0.15, -0.1) is 0 Å². The maximum absolute atomic E-state index is 8.33. The molecule has 4 heteroatoms. The van der Waals surface area contributed by atoms with Crippen molar-refractivity contribution in [1.82, 2.24) is 8.81 Å². The van der Waals surface area contributed by atoms with Gasteiger partial charge in [-0.05, 0) is 13.0 Å². The quantitative estimate of drug-likeness (QED) is 0.611. The first-order valence-corrected chi connectivity index (χ1v) is 3.08. The lowest BCUT2D eigenvalue weighted by molar-refractivity contribution is 0.980. The Kier molecular flexibility index (Phi) is 1.54. The molecule has 0 spiro atoms. The molecule has 0 unspecified atom stereocenters. The second kappa shape index (κ2) is 2.19. The van der Waals surface area contributed by atoms with E-state index in [1.165, 1.54) is 3.71 Å². The molecule has 1 heterocycles. The van der Waals surface area contributed by atoms with Crippen LogP contribution in [0.4, 0.5) is 0 Å². The van der Waals surface area contributed by atoms with Crippen LogP contribution in [0.5, 0.6) is 0 Å². The first-order valence-electron chi connectivity index (χ1n) is 2.37. The monoisotopic (exact) mass is 185 g/mol. The van der Waals surface area contributed by atoms with Gasteiger partial charge in [-0.3, -0.25) is 0 Å². The number of nitriles is 1. The normalized spacial score (nSPS) is 9.00. The standard InChI is InChI=1S/C5H4BrN3/c1-4-2-5(3-7)8-9(4)6/h2H,1H3. The maximum Gasteiger partial charge on any atom is 0.163 e. The molecule has 0 N–H and O–H groups in total. The van der Waals surface area contributed by atoms with Gasteiger partial charge in [-0.25, -0.2) is 3.71 Å². The molecule has 0 aliphatic carbocycles. The predicted octanol–water partition coefficient (Wildman–Crippen LogP) is 1.22.